The zero-order valence-electron chi connectivity index (χ0n) is 9.41. The van der Waals surface area contributed by atoms with Crippen LogP contribution in [0.2, 0.25) is 0 Å². The first-order chi connectivity index (χ1) is 7.75. The van der Waals surface area contributed by atoms with Crippen LogP contribution in [0.3, 0.4) is 0 Å². The molecule has 16 heavy (non-hydrogen) atoms. The van der Waals surface area contributed by atoms with Gasteiger partial charge < -0.3 is 10.1 Å². The molecule has 0 radical (unpaired) electrons. The summed E-state index contributed by atoms with van der Waals surface area (Å²) in [6.07, 6.45) is 5.89. The van der Waals surface area contributed by atoms with Gasteiger partial charge in [0.25, 0.3) is 0 Å². The second kappa shape index (κ2) is 6.10. The zero-order valence-corrected chi connectivity index (χ0v) is 11.8. The molecule has 1 aliphatic rings. The first kappa shape index (κ1) is 12.5. The largest absolute Gasteiger partial charge is 0.378 e. The number of halogens is 1. The van der Waals surface area contributed by atoms with Gasteiger partial charge in [-0.1, -0.05) is 0 Å². The van der Waals surface area contributed by atoms with Gasteiger partial charge in [-0.3, -0.25) is 0 Å². The molecule has 1 aromatic rings. The number of rotatable bonds is 5. The highest BCUT2D eigenvalue weighted by Gasteiger charge is 2.15. The van der Waals surface area contributed by atoms with Crippen LogP contribution in [-0.4, -0.2) is 24.2 Å². The minimum absolute atomic E-state index is 0.331. The number of aromatic nitrogens is 1. The van der Waals surface area contributed by atoms with Crippen molar-refractivity contribution in [1.82, 2.24) is 10.3 Å². The topological polar surface area (TPSA) is 34.1 Å². The third-order valence-electron chi connectivity index (χ3n) is 2.81. The lowest BCUT2D eigenvalue weighted by Gasteiger charge is -2.13. The highest BCUT2D eigenvalue weighted by atomic mass is 79.9. The molecule has 1 N–H and O–H groups in total. The summed E-state index contributed by atoms with van der Waals surface area (Å²) >= 11 is 5.12. The van der Waals surface area contributed by atoms with Crippen molar-refractivity contribution >= 4 is 27.3 Å². The zero-order chi connectivity index (χ0) is 11.4. The van der Waals surface area contributed by atoms with Gasteiger partial charge in [-0.15, -0.1) is 11.3 Å². The maximum absolute atomic E-state index is 5.58. The lowest BCUT2D eigenvalue weighted by molar-refractivity contribution is 0.103. The summed E-state index contributed by atoms with van der Waals surface area (Å²) in [4.78, 5) is 4.34. The average molecular weight is 305 g/mol. The number of hydrogen-bond donors (Lipinski definition) is 1. The molecule has 3 nitrogen and oxygen atoms in total. The Hall–Kier alpha value is 0.0300. The molecule has 5 heteroatoms. The van der Waals surface area contributed by atoms with Crippen molar-refractivity contribution in [2.24, 2.45) is 0 Å². The highest BCUT2D eigenvalue weighted by molar-refractivity contribution is 9.11. The molecule has 0 aliphatic carbocycles. The van der Waals surface area contributed by atoms with Gasteiger partial charge in [0.15, 0.2) is 0 Å². The number of nitrogens with zero attached hydrogens (tertiary/aromatic N) is 1. The predicted octanol–water partition coefficient (Wildman–Crippen LogP) is 3.13. The van der Waals surface area contributed by atoms with E-state index in [2.05, 4.69) is 33.2 Å². The van der Waals surface area contributed by atoms with E-state index < -0.39 is 0 Å². The third-order valence-corrected chi connectivity index (χ3v) is 4.47. The molecule has 1 aliphatic heterocycles. The fourth-order valence-corrected chi connectivity index (χ4v) is 3.16. The van der Waals surface area contributed by atoms with E-state index in [1.807, 2.05) is 6.20 Å². The summed E-state index contributed by atoms with van der Waals surface area (Å²) in [5, 5.41) is 4.62. The number of nitrogens with one attached hydrogen (secondary N) is 1. The predicted molar refractivity (Wildman–Crippen MR) is 69.8 cm³/mol. The van der Waals surface area contributed by atoms with Crippen LogP contribution >= 0.6 is 27.3 Å². The second-order valence-corrected chi connectivity index (χ2v) is 6.54. The Balaban J connectivity index is 1.69. The quantitative estimate of drug-likeness (QED) is 0.907. The van der Waals surface area contributed by atoms with Gasteiger partial charge in [0.05, 0.1) is 22.1 Å². The van der Waals surface area contributed by atoms with Gasteiger partial charge in [0, 0.05) is 6.61 Å². The Morgan fingerprint density at radius 1 is 1.75 bits per heavy atom. The fraction of sp³-hybridized carbons (Fsp3) is 0.727. The van der Waals surface area contributed by atoms with Gasteiger partial charge in [0.2, 0.25) is 0 Å². The van der Waals surface area contributed by atoms with Crippen LogP contribution < -0.4 is 5.32 Å². The molecule has 0 bridgehead atoms. The molecule has 0 spiro atoms. The molecule has 2 unspecified atom stereocenters. The van der Waals surface area contributed by atoms with Gasteiger partial charge in [-0.05, 0) is 48.7 Å². The van der Waals surface area contributed by atoms with E-state index in [4.69, 9.17) is 4.74 Å². The molecule has 1 fully saturated rings. The smallest absolute Gasteiger partial charge is 0.110 e. The van der Waals surface area contributed by atoms with Crippen LogP contribution in [0.5, 0.6) is 0 Å². The van der Waals surface area contributed by atoms with Crippen LogP contribution in [0, 0.1) is 0 Å². The normalized spacial score (nSPS) is 22.5. The van der Waals surface area contributed by atoms with Crippen molar-refractivity contribution < 1.29 is 4.74 Å². The number of ether oxygens (including phenoxy) is 1. The van der Waals surface area contributed by atoms with Crippen LogP contribution in [0.15, 0.2) is 9.98 Å². The molecule has 1 aromatic heterocycles. The maximum atomic E-state index is 5.58. The number of hydrogen-bond acceptors (Lipinski definition) is 4. The summed E-state index contributed by atoms with van der Waals surface area (Å²) in [5.74, 6) is 0. The lowest BCUT2D eigenvalue weighted by atomic mass is 10.2. The Labute approximate surface area is 109 Å². The second-order valence-electron chi connectivity index (χ2n) is 4.10. The monoisotopic (exact) mass is 304 g/mol. The highest BCUT2D eigenvalue weighted by Crippen LogP contribution is 2.24. The minimum Gasteiger partial charge on any atom is -0.378 e. The molecule has 90 valence electrons. The first-order valence-corrected chi connectivity index (χ1v) is 7.33. The molecule has 2 atom stereocenters. The van der Waals surface area contributed by atoms with Gasteiger partial charge in [-0.2, -0.15) is 0 Å². The Morgan fingerprint density at radius 3 is 3.25 bits per heavy atom. The van der Waals surface area contributed by atoms with Crippen molar-refractivity contribution in [3.05, 3.63) is 15.0 Å². The van der Waals surface area contributed by atoms with E-state index in [1.165, 1.54) is 12.8 Å². The molecule has 0 amide bonds. The summed E-state index contributed by atoms with van der Waals surface area (Å²) in [6.45, 7) is 4.10. The Morgan fingerprint density at radius 2 is 2.62 bits per heavy atom. The lowest BCUT2D eigenvalue weighted by Crippen LogP contribution is -2.23. The van der Waals surface area contributed by atoms with Crippen molar-refractivity contribution in [1.29, 1.82) is 0 Å². The molecule has 0 saturated carbocycles. The Bertz CT molecular complexity index is 326. The van der Waals surface area contributed by atoms with Crippen molar-refractivity contribution in [2.45, 2.75) is 38.3 Å². The molecule has 1 saturated heterocycles. The molecular weight excluding hydrogens is 288 g/mol. The summed E-state index contributed by atoms with van der Waals surface area (Å²) in [7, 11) is 0. The third kappa shape index (κ3) is 3.52. The van der Waals surface area contributed by atoms with Gasteiger partial charge in [0.1, 0.15) is 5.01 Å². The van der Waals surface area contributed by atoms with Crippen molar-refractivity contribution in [2.75, 3.05) is 13.2 Å². The van der Waals surface area contributed by atoms with Crippen LogP contribution in [0.25, 0.3) is 0 Å². The van der Waals surface area contributed by atoms with Gasteiger partial charge in [-0.25, -0.2) is 4.98 Å². The van der Waals surface area contributed by atoms with E-state index in [9.17, 15) is 0 Å². The van der Waals surface area contributed by atoms with Gasteiger partial charge >= 0.3 is 0 Å². The molecular formula is C11H17BrN2OS. The number of thiazole rings is 1. The van der Waals surface area contributed by atoms with E-state index >= 15 is 0 Å². The molecule has 2 rings (SSSR count). The van der Waals surface area contributed by atoms with E-state index in [1.54, 1.807) is 11.3 Å². The SMILES string of the molecule is CC(NCCC1CCCO1)c1ncc(Br)s1. The van der Waals surface area contributed by atoms with Crippen molar-refractivity contribution in [3.63, 3.8) is 0 Å². The van der Waals surface area contributed by atoms with E-state index in [-0.39, 0.29) is 0 Å². The van der Waals surface area contributed by atoms with Crippen LogP contribution in [0.4, 0.5) is 0 Å². The standard InChI is InChI=1S/C11H17BrN2OS/c1-8(11-14-7-10(12)16-11)13-5-4-9-3-2-6-15-9/h7-9,13H,2-6H2,1H3. The summed E-state index contributed by atoms with van der Waals surface area (Å²) in [5.41, 5.74) is 0. The Kier molecular flexibility index (Phi) is 4.76. The first-order valence-electron chi connectivity index (χ1n) is 5.72. The minimum atomic E-state index is 0.331. The maximum Gasteiger partial charge on any atom is 0.110 e. The van der Waals surface area contributed by atoms with Crippen LogP contribution in [-0.2, 0) is 4.74 Å². The van der Waals surface area contributed by atoms with E-state index in [0.717, 1.165) is 28.4 Å². The fourth-order valence-electron chi connectivity index (χ4n) is 1.89. The average Bonchev–Trinajstić information content (AvgIpc) is 2.89. The van der Waals surface area contributed by atoms with Crippen molar-refractivity contribution in [3.8, 4) is 0 Å². The van der Waals surface area contributed by atoms with E-state index in [0.29, 0.717) is 12.1 Å². The summed E-state index contributed by atoms with van der Waals surface area (Å²) < 4.78 is 6.68. The van der Waals surface area contributed by atoms with Crippen LogP contribution in [0.1, 0.15) is 37.2 Å². The molecule has 2 heterocycles. The molecule has 0 aromatic carbocycles. The summed E-state index contributed by atoms with van der Waals surface area (Å²) in [6, 6.07) is 0.331.